The van der Waals surface area contributed by atoms with Gasteiger partial charge in [0, 0.05) is 23.6 Å². The summed E-state index contributed by atoms with van der Waals surface area (Å²) in [6.45, 7) is 5.99. The Kier molecular flexibility index (Phi) is 10.9. The predicted molar refractivity (Wildman–Crippen MR) is 235 cm³/mol. The molecule has 10 rings (SSSR count). The molecular formula is C43H44N12OPS+. The molecule has 13 nitrogen and oxygen atoms in total. The van der Waals surface area contributed by atoms with Crippen molar-refractivity contribution in [1.82, 2.24) is 34.1 Å². The van der Waals surface area contributed by atoms with E-state index in [0.29, 0.717) is 29.4 Å². The molecule has 0 aliphatic heterocycles. The van der Waals surface area contributed by atoms with Crippen LogP contribution in [0.2, 0.25) is 0 Å². The van der Waals surface area contributed by atoms with Gasteiger partial charge in [-0.05, 0) is 107 Å². The molecule has 7 N–H and O–H groups in total. The third-order valence-corrected chi connectivity index (χ3v) is 9.81. The highest BCUT2D eigenvalue weighted by Crippen LogP contribution is 2.43. The van der Waals surface area contributed by atoms with Gasteiger partial charge in [0.05, 0.1) is 33.8 Å². The van der Waals surface area contributed by atoms with E-state index >= 15 is 0 Å². The number of rotatable bonds is 8. The van der Waals surface area contributed by atoms with Crippen LogP contribution in [0, 0.1) is 13.8 Å². The first-order chi connectivity index (χ1) is 28.2. The number of hydrogen-bond donors (Lipinski definition) is 5. The predicted octanol–water partition coefficient (Wildman–Crippen LogP) is 8.81. The first kappa shape index (κ1) is 38.4. The van der Waals surface area contributed by atoms with Gasteiger partial charge in [-0.1, -0.05) is 76.4 Å². The van der Waals surface area contributed by atoms with Gasteiger partial charge in [-0.15, -0.1) is 0 Å². The van der Waals surface area contributed by atoms with Crippen LogP contribution in [-0.4, -0.2) is 45.9 Å². The first-order valence-corrected chi connectivity index (χ1v) is 21.4. The number of para-hydroxylation sites is 4. The number of imidazole rings is 2. The highest BCUT2D eigenvalue weighted by molar-refractivity contribution is 7.96. The van der Waals surface area contributed by atoms with Crippen LogP contribution in [0.3, 0.4) is 0 Å². The van der Waals surface area contributed by atoms with E-state index in [9.17, 15) is 5.21 Å². The number of nitrogens with zero attached hydrogens (tertiary/aromatic N) is 8. The Morgan fingerprint density at radius 1 is 0.655 bits per heavy atom. The molecule has 0 unspecified atom stereocenters. The molecule has 0 saturated heterocycles. The third kappa shape index (κ3) is 8.43. The minimum Gasteiger partial charge on any atom is -0.383 e. The second kappa shape index (κ2) is 16.5. The van der Waals surface area contributed by atoms with Crippen LogP contribution in [0.5, 0.6) is 0 Å². The van der Waals surface area contributed by atoms with Crippen LogP contribution in [-0.2, 0) is 11.8 Å². The average molecular weight is 808 g/mol. The van der Waals surface area contributed by atoms with Gasteiger partial charge in [0.25, 0.3) is 0 Å². The summed E-state index contributed by atoms with van der Waals surface area (Å²) in [7, 11) is 1.00. The van der Waals surface area contributed by atoms with Crippen molar-refractivity contribution in [1.29, 1.82) is 0 Å². The number of aromatic nitrogens is 8. The van der Waals surface area contributed by atoms with Crippen LogP contribution in [0.25, 0.3) is 33.7 Å². The Hall–Kier alpha value is -6.50. The van der Waals surface area contributed by atoms with Crippen molar-refractivity contribution in [3.63, 3.8) is 0 Å². The fourth-order valence-corrected chi connectivity index (χ4v) is 6.66. The van der Waals surface area contributed by atoms with E-state index in [1.54, 1.807) is 12.1 Å². The highest BCUT2D eigenvalue weighted by Gasteiger charge is 2.32. The van der Waals surface area contributed by atoms with Crippen LogP contribution in [0.15, 0.2) is 109 Å². The Morgan fingerprint density at radius 2 is 1.12 bits per heavy atom. The Balaban J connectivity index is 0.000000152. The Labute approximate surface area is 342 Å². The lowest BCUT2D eigenvalue weighted by atomic mass is 10.2. The minimum absolute atomic E-state index is 0.194. The number of hydrogen-bond acceptors (Lipinski definition) is 11. The second-order valence-electron chi connectivity index (χ2n) is 14.5. The summed E-state index contributed by atoms with van der Waals surface area (Å²) in [4.78, 5) is 23.4. The van der Waals surface area contributed by atoms with Crippen molar-refractivity contribution >= 4 is 76.1 Å². The van der Waals surface area contributed by atoms with Crippen LogP contribution >= 0.6 is 7.36 Å². The molecule has 2 aliphatic carbocycles. The largest absolute Gasteiger partial charge is 0.390 e. The number of nitrogens with one attached hydrogen (secondary N) is 2. The smallest absolute Gasteiger partial charge is 0.383 e. The molecule has 4 aromatic heterocycles. The van der Waals surface area contributed by atoms with E-state index in [1.165, 1.54) is 18.4 Å². The zero-order valence-electron chi connectivity index (χ0n) is 32.4. The molecule has 0 radical (unpaired) electrons. The van der Waals surface area contributed by atoms with Crippen LogP contribution in [0.1, 0.15) is 60.3 Å². The van der Waals surface area contributed by atoms with Crippen molar-refractivity contribution in [3.05, 3.63) is 132 Å². The maximum atomic E-state index is 10.4. The van der Waals surface area contributed by atoms with Gasteiger partial charge in [0.2, 0.25) is 17.6 Å². The molecule has 15 heteroatoms. The molecule has 58 heavy (non-hydrogen) atoms. The van der Waals surface area contributed by atoms with E-state index in [4.69, 9.17) is 26.4 Å². The minimum atomic E-state index is 0.194. The number of nitrogen functional groups attached to an aromatic ring is 2. The van der Waals surface area contributed by atoms with Crippen molar-refractivity contribution < 1.29 is 9.94 Å². The molecule has 2 saturated carbocycles. The Morgan fingerprint density at radius 3 is 1.62 bits per heavy atom. The number of fused-ring (bicyclic) bond motifs is 2. The van der Waals surface area contributed by atoms with E-state index in [0.717, 1.165) is 81.4 Å². The summed E-state index contributed by atoms with van der Waals surface area (Å²) < 4.78 is 5.02. The number of aryl methyl sites for hydroxylation is 2. The monoisotopic (exact) mass is 807 g/mol. The molecule has 4 aromatic carbocycles. The molecule has 0 spiro atoms. The van der Waals surface area contributed by atoms with Gasteiger partial charge in [0.1, 0.15) is 23.3 Å². The molecule has 0 amide bonds. The number of nitrogens with two attached hydrogens (primary N) is 2. The molecule has 0 atom stereocenters. The highest BCUT2D eigenvalue weighted by atomic mass is 32.4. The molecule has 292 valence electrons. The van der Waals surface area contributed by atoms with Gasteiger partial charge in [-0.25, -0.2) is 9.97 Å². The van der Waals surface area contributed by atoms with Crippen LogP contribution in [0.4, 0.5) is 34.9 Å². The summed E-state index contributed by atoms with van der Waals surface area (Å²) in [6, 6.07) is 35.6. The van der Waals surface area contributed by atoms with E-state index in [1.807, 2.05) is 109 Å². The normalized spacial score (nSPS) is 13.4. The quantitative estimate of drug-likeness (QED) is 0.0564. The lowest BCUT2D eigenvalue weighted by Gasteiger charge is -2.11. The van der Waals surface area contributed by atoms with Crippen LogP contribution < -0.4 is 26.8 Å². The lowest BCUT2D eigenvalue weighted by Crippen LogP contribution is -2.38. The van der Waals surface area contributed by atoms with Gasteiger partial charge in [-0.3, -0.25) is 14.5 Å². The molecule has 2 fully saturated rings. The van der Waals surface area contributed by atoms with E-state index < -0.39 is 0 Å². The standard InChI is InChI=1S/C21H20N6O.C21H20N6.CH3PS/c1-13-6-10-15(11-7-13)23-21-25-19(12-18(22)27(21)28)26-17-5-3-2-4-16(17)24-20(26)14-8-9-14;1-13-6-10-15(11-7-13)23-21-25-18(22)12-19(26-21)27-17-5-3-2-4-16(17)24-20(27)14-8-9-14;1-2-3/h2-7,10-12,14,28H,8-9H2,1H3,(H2,22,23,25);2-7,10-12,14H,8-9H2,1H3,(H3,22,23,25,26);1H3/p+1. The van der Waals surface area contributed by atoms with Gasteiger partial charge in [0.15, 0.2) is 0 Å². The number of anilines is 6. The maximum absolute atomic E-state index is 10.4. The topological polar surface area (TPSA) is 175 Å². The van der Waals surface area contributed by atoms with Crippen molar-refractivity contribution in [2.75, 3.05) is 28.8 Å². The number of benzene rings is 4. The second-order valence-corrected chi connectivity index (χ2v) is 15.9. The molecule has 2 aliphatic rings. The Bertz CT molecular complexity index is 2740. The fraction of sp³-hybridized carbons (Fsp3) is 0.209. The molecule has 8 aromatic rings. The SMILES string of the molecule is CP=S.Cc1ccc(Nc2nc(-n3c(C4CC4)nc4ccccc43)cc(N)[n+]2O)cc1.Cc1ccc(Nc2nc(N)cc(-n3c(C4CC4)nc4ccccc43)n2)cc1. The summed E-state index contributed by atoms with van der Waals surface area (Å²) in [5.41, 5.74) is 20.2. The van der Waals surface area contributed by atoms with Crippen molar-refractivity contribution in [3.8, 4) is 11.6 Å². The molecule has 4 heterocycles. The van der Waals surface area contributed by atoms with Crippen molar-refractivity contribution in [2.45, 2.75) is 51.4 Å². The zero-order chi connectivity index (χ0) is 40.3. The average Bonchev–Trinajstić information content (AvgIpc) is 4.17. The summed E-state index contributed by atoms with van der Waals surface area (Å²) in [5.74, 6) is 5.69. The fourth-order valence-electron chi connectivity index (χ4n) is 6.66. The van der Waals surface area contributed by atoms with E-state index in [-0.39, 0.29) is 11.8 Å². The summed E-state index contributed by atoms with van der Waals surface area (Å²) in [5, 5.41) is 16.8. The van der Waals surface area contributed by atoms with Gasteiger partial charge >= 0.3 is 5.95 Å². The first-order valence-electron chi connectivity index (χ1n) is 19.1. The summed E-state index contributed by atoms with van der Waals surface area (Å²) in [6.07, 6.45) is 4.58. The third-order valence-electron chi connectivity index (χ3n) is 9.81. The van der Waals surface area contributed by atoms with Gasteiger partial charge in [-0.2, -0.15) is 9.97 Å². The zero-order valence-corrected chi connectivity index (χ0v) is 34.1. The maximum Gasteiger partial charge on any atom is 0.390 e. The lowest BCUT2D eigenvalue weighted by molar-refractivity contribution is -0.883. The molecule has 0 bridgehead atoms. The van der Waals surface area contributed by atoms with Crippen molar-refractivity contribution in [2.24, 2.45) is 0 Å². The molecular weight excluding hydrogens is 764 g/mol. The van der Waals surface area contributed by atoms with E-state index in [2.05, 4.69) is 50.0 Å². The summed E-state index contributed by atoms with van der Waals surface area (Å²) >= 11 is 4.37. The van der Waals surface area contributed by atoms with Gasteiger partial charge < -0.3 is 22.0 Å².